The summed E-state index contributed by atoms with van der Waals surface area (Å²) < 4.78 is 57.8. The van der Waals surface area contributed by atoms with Gasteiger partial charge in [0.2, 0.25) is 12.2 Å². The molecule has 1 saturated heterocycles. The molecule has 0 aliphatic carbocycles. The average molecular weight is 805 g/mol. The van der Waals surface area contributed by atoms with Gasteiger partial charge in [-0.2, -0.15) is 0 Å². The Balaban J connectivity index is 1.48. The van der Waals surface area contributed by atoms with E-state index in [1.807, 2.05) is 97.1 Å². The zero-order valence-electron chi connectivity index (χ0n) is 30.4. The standard InChI is InChI=1S/C40H44Cl3NO10/c1-45-30-13-5-26(6-14-30)21-49-25-34-35(50-22-27-7-15-31(46-2)16-8-27)36(51-23-28-9-17-32(47-3)18-10-28)37(38(53-34)54-39(44)40(41,42)43)52-24-29-11-19-33(48-4)20-12-29/h5-20,34-38,44H,21-25H2,1-4H3/t34?,35-,36?,37+,38-/m1/s1. The van der Waals surface area contributed by atoms with Crippen molar-refractivity contribution in [2.24, 2.45) is 0 Å². The van der Waals surface area contributed by atoms with Crippen LogP contribution in [0.4, 0.5) is 0 Å². The van der Waals surface area contributed by atoms with Crippen molar-refractivity contribution in [1.82, 2.24) is 0 Å². The van der Waals surface area contributed by atoms with Gasteiger partial charge in [0.05, 0.1) is 61.5 Å². The van der Waals surface area contributed by atoms with E-state index in [0.717, 1.165) is 28.0 Å². The number of benzene rings is 4. The highest BCUT2D eigenvalue weighted by molar-refractivity contribution is 6.76. The van der Waals surface area contributed by atoms with Gasteiger partial charge in [-0.05, 0) is 70.8 Å². The van der Waals surface area contributed by atoms with Crippen LogP contribution in [0.3, 0.4) is 0 Å². The molecule has 5 rings (SSSR count). The van der Waals surface area contributed by atoms with Crippen LogP contribution in [0.15, 0.2) is 97.1 Å². The summed E-state index contributed by atoms with van der Waals surface area (Å²) in [5.41, 5.74) is 3.50. The van der Waals surface area contributed by atoms with Gasteiger partial charge < -0.3 is 47.4 Å². The summed E-state index contributed by atoms with van der Waals surface area (Å²) in [6.45, 7) is 0.780. The van der Waals surface area contributed by atoms with Crippen molar-refractivity contribution < 1.29 is 47.4 Å². The minimum absolute atomic E-state index is 0.0495. The maximum absolute atomic E-state index is 8.47. The minimum atomic E-state index is -2.18. The van der Waals surface area contributed by atoms with Gasteiger partial charge in [-0.3, -0.25) is 5.41 Å². The van der Waals surface area contributed by atoms with Crippen molar-refractivity contribution in [2.75, 3.05) is 35.0 Å². The lowest BCUT2D eigenvalue weighted by molar-refractivity contribution is -0.313. The Morgan fingerprint density at radius 2 is 0.889 bits per heavy atom. The predicted octanol–water partition coefficient (Wildman–Crippen LogP) is 8.08. The van der Waals surface area contributed by atoms with E-state index in [1.165, 1.54) is 0 Å². The van der Waals surface area contributed by atoms with Crippen LogP contribution in [-0.2, 0) is 54.8 Å². The molecule has 1 N–H and O–H groups in total. The molecule has 1 fully saturated rings. The molecule has 54 heavy (non-hydrogen) atoms. The van der Waals surface area contributed by atoms with Gasteiger partial charge in [-0.1, -0.05) is 83.3 Å². The van der Waals surface area contributed by atoms with Crippen LogP contribution < -0.4 is 18.9 Å². The molecule has 1 aliphatic rings. The number of nitrogens with one attached hydrogen (secondary N) is 1. The van der Waals surface area contributed by atoms with Gasteiger partial charge in [0.25, 0.3) is 3.79 Å². The second-order valence-corrected chi connectivity index (χ2v) is 14.5. The fraction of sp³-hybridized carbons (Fsp3) is 0.375. The summed E-state index contributed by atoms with van der Waals surface area (Å²) in [4.78, 5) is 0. The molecule has 1 heterocycles. The first-order valence-corrected chi connectivity index (χ1v) is 18.2. The summed E-state index contributed by atoms with van der Waals surface area (Å²) >= 11 is 18.3. The van der Waals surface area contributed by atoms with E-state index < -0.39 is 40.4 Å². The Morgan fingerprint density at radius 1 is 0.537 bits per heavy atom. The Labute approximate surface area is 330 Å². The third-order valence-corrected chi connectivity index (χ3v) is 9.11. The first-order valence-electron chi connectivity index (χ1n) is 17.0. The number of halogens is 3. The lowest BCUT2D eigenvalue weighted by Gasteiger charge is -2.46. The van der Waals surface area contributed by atoms with Crippen LogP contribution in [0.2, 0.25) is 0 Å². The van der Waals surface area contributed by atoms with Gasteiger partial charge in [0, 0.05) is 0 Å². The van der Waals surface area contributed by atoms with Gasteiger partial charge >= 0.3 is 0 Å². The first-order chi connectivity index (χ1) is 26.1. The normalized spacial score (nSPS) is 19.9. The van der Waals surface area contributed by atoms with Gasteiger partial charge in [-0.15, -0.1) is 0 Å². The molecule has 11 nitrogen and oxygen atoms in total. The van der Waals surface area contributed by atoms with E-state index >= 15 is 0 Å². The Hall–Kier alpha value is -3.78. The quantitative estimate of drug-likeness (QED) is 0.0602. The molecule has 4 aromatic carbocycles. The second-order valence-electron chi connectivity index (χ2n) is 12.2. The summed E-state index contributed by atoms with van der Waals surface area (Å²) in [5, 5.41) is 8.47. The Kier molecular flexibility index (Phi) is 15.5. The second kappa shape index (κ2) is 20.2. The van der Waals surface area contributed by atoms with Crippen LogP contribution in [-0.4, -0.2) is 75.4 Å². The first kappa shape index (κ1) is 41.4. The number of rotatable bonds is 18. The number of ether oxygens (including phenoxy) is 10. The maximum Gasteiger partial charge on any atom is 0.265 e. The molecule has 0 saturated carbocycles. The molecule has 0 radical (unpaired) electrons. The number of methoxy groups -OCH3 is 4. The topological polar surface area (TPSA) is 116 Å². The van der Waals surface area contributed by atoms with Crippen LogP contribution in [0, 0.1) is 5.41 Å². The maximum atomic E-state index is 8.47. The summed E-state index contributed by atoms with van der Waals surface area (Å²) in [6, 6.07) is 30.0. The van der Waals surface area contributed by atoms with Crippen molar-refractivity contribution in [3.8, 4) is 23.0 Å². The lowest BCUT2D eigenvalue weighted by Crippen LogP contribution is -2.62. The summed E-state index contributed by atoms with van der Waals surface area (Å²) in [5.74, 6) is 2.20. The van der Waals surface area contributed by atoms with Crippen molar-refractivity contribution in [3.05, 3.63) is 119 Å². The molecule has 0 amide bonds. The van der Waals surface area contributed by atoms with E-state index in [0.29, 0.717) is 17.2 Å². The van der Waals surface area contributed by atoms with Crippen molar-refractivity contribution in [3.63, 3.8) is 0 Å². The van der Waals surface area contributed by atoms with Gasteiger partial charge in [0.15, 0.2) is 0 Å². The van der Waals surface area contributed by atoms with E-state index in [1.54, 1.807) is 28.4 Å². The molecule has 0 aromatic heterocycles. The molecule has 290 valence electrons. The van der Waals surface area contributed by atoms with Crippen LogP contribution in [0.25, 0.3) is 0 Å². The lowest BCUT2D eigenvalue weighted by atomic mass is 9.97. The average Bonchev–Trinajstić information content (AvgIpc) is 3.19. The van der Waals surface area contributed by atoms with E-state index in [4.69, 9.17) is 87.6 Å². The highest BCUT2D eigenvalue weighted by Crippen LogP contribution is 2.35. The van der Waals surface area contributed by atoms with E-state index in [2.05, 4.69) is 0 Å². The fourth-order valence-corrected chi connectivity index (χ4v) is 5.75. The Morgan fingerprint density at radius 3 is 1.26 bits per heavy atom. The third-order valence-electron chi connectivity index (χ3n) is 8.60. The summed E-state index contributed by atoms with van der Waals surface area (Å²) in [6.07, 6.45) is -4.68. The summed E-state index contributed by atoms with van der Waals surface area (Å²) in [7, 11) is 6.42. The van der Waals surface area contributed by atoms with Crippen LogP contribution >= 0.6 is 34.8 Å². The molecule has 14 heteroatoms. The number of alkyl halides is 3. The van der Waals surface area contributed by atoms with Crippen molar-refractivity contribution in [2.45, 2.75) is 60.9 Å². The number of hydrogen-bond donors (Lipinski definition) is 1. The van der Waals surface area contributed by atoms with Crippen LogP contribution in [0.1, 0.15) is 22.3 Å². The molecule has 1 aliphatic heterocycles. The molecule has 0 bridgehead atoms. The van der Waals surface area contributed by atoms with Crippen molar-refractivity contribution >= 4 is 40.7 Å². The Bertz CT molecular complexity index is 1720. The molecule has 0 spiro atoms. The SMILES string of the molecule is COc1ccc(COCC2O[C@H](OC(=N)C(Cl)(Cl)Cl)[C@@H](OCc3ccc(OC)cc3)C(OCc3ccc(OC)cc3)[C@@H]2OCc2ccc(OC)cc2)cc1. The predicted molar refractivity (Wildman–Crippen MR) is 205 cm³/mol. The smallest absolute Gasteiger partial charge is 0.265 e. The molecule has 4 aromatic rings. The highest BCUT2D eigenvalue weighted by atomic mass is 35.6. The van der Waals surface area contributed by atoms with Gasteiger partial charge in [0.1, 0.15) is 47.4 Å². The van der Waals surface area contributed by atoms with E-state index in [9.17, 15) is 0 Å². The minimum Gasteiger partial charge on any atom is -0.497 e. The largest absolute Gasteiger partial charge is 0.497 e. The zero-order valence-corrected chi connectivity index (χ0v) is 32.6. The number of hydrogen-bond acceptors (Lipinski definition) is 11. The molecule has 5 atom stereocenters. The molecule has 2 unspecified atom stereocenters. The third kappa shape index (κ3) is 11.9. The highest BCUT2D eigenvalue weighted by Gasteiger charge is 2.51. The van der Waals surface area contributed by atoms with Crippen LogP contribution in [0.5, 0.6) is 23.0 Å². The van der Waals surface area contributed by atoms with E-state index in [-0.39, 0.29) is 33.0 Å². The molecular weight excluding hydrogens is 761 g/mol. The van der Waals surface area contributed by atoms with Crippen molar-refractivity contribution in [1.29, 1.82) is 5.41 Å². The fourth-order valence-electron chi connectivity index (χ4n) is 5.62. The molecular formula is C40H44Cl3NO10. The zero-order chi connectivity index (χ0) is 38.5. The monoisotopic (exact) mass is 803 g/mol. The van der Waals surface area contributed by atoms with Gasteiger partial charge in [-0.25, -0.2) is 0 Å².